The van der Waals surface area contributed by atoms with Crippen LogP contribution < -0.4 is 15.4 Å². The highest BCUT2D eigenvalue weighted by atomic mass is 16.6. The third kappa shape index (κ3) is 6.52. The SMILES string of the molecule is O=C(N[C@@H](Cc1ccccc1)[C@@H](O)C1NC(c2ccccc2)N(Cc2ccccc2)C1=O)Oc1ccccc1. The van der Waals surface area contributed by atoms with Gasteiger partial charge in [0, 0.05) is 6.54 Å². The Bertz CT molecular complexity index is 1350. The second-order valence-electron chi connectivity index (χ2n) is 9.54. The lowest BCUT2D eigenvalue weighted by molar-refractivity contribution is -0.133. The monoisotopic (exact) mass is 521 g/mol. The van der Waals surface area contributed by atoms with Crippen molar-refractivity contribution in [3.05, 3.63) is 138 Å². The Labute approximate surface area is 228 Å². The zero-order valence-electron chi connectivity index (χ0n) is 21.4. The molecule has 4 atom stereocenters. The first-order chi connectivity index (χ1) is 19.1. The molecule has 0 bridgehead atoms. The molecular weight excluding hydrogens is 490 g/mol. The van der Waals surface area contributed by atoms with Gasteiger partial charge in [-0.15, -0.1) is 0 Å². The Morgan fingerprint density at radius 2 is 1.36 bits per heavy atom. The van der Waals surface area contributed by atoms with E-state index in [2.05, 4.69) is 10.6 Å². The van der Waals surface area contributed by atoms with Crippen molar-refractivity contribution in [1.29, 1.82) is 0 Å². The van der Waals surface area contributed by atoms with Crippen LogP contribution in [0.1, 0.15) is 22.9 Å². The van der Waals surface area contributed by atoms with E-state index < -0.39 is 30.4 Å². The second-order valence-corrected chi connectivity index (χ2v) is 9.54. The molecule has 0 radical (unpaired) electrons. The van der Waals surface area contributed by atoms with Crippen LogP contribution in [-0.2, 0) is 17.8 Å². The molecule has 1 aliphatic heterocycles. The first-order valence-corrected chi connectivity index (χ1v) is 13.0. The van der Waals surface area contributed by atoms with Crippen LogP contribution in [0, 0.1) is 0 Å². The van der Waals surface area contributed by atoms with Gasteiger partial charge in [0.25, 0.3) is 0 Å². The topological polar surface area (TPSA) is 90.9 Å². The van der Waals surface area contributed by atoms with E-state index in [1.54, 1.807) is 29.2 Å². The number of carbonyl (C=O) groups excluding carboxylic acids is 2. The summed E-state index contributed by atoms with van der Waals surface area (Å²) in [6.07, 6.45) is -2.06. The maximum Gasteiger partial charge on any atom is 0.412 e. The van der Waals surface area contributed by atoms with Gasteiger partial charge in [-0.2, -0.15) is 0 Å². The molecule has 1 fully saturated rings. The summed E-state index contributed by atoms with van der Waals surface area (Å²) in [6.45, 7) is 0.377. The molecule has 3 N–H and O–H groups in total. The smallest absolute Gasteiger partial charge is 0.410 e. The Morgan fingerprint density at radius 1 is 0.821 bits per heavy atom. The predicted octanol–water partition coefficient (Wildman–Crippen LogP) is 4.45. The maximum absolute atomic E-state index is 13.8. The highest BCUT2D eigenvalue weighted by Crippen LogP contribution is 2.29. The molecular formula is C32H31N3O4. The van der Waals surface area contributed by atoms with E-state index >= 15 is 0 Å². The summed E-state index contributed by atoms with van der Waals surface area (Å²) in [5, 5.41) is 17.8. The average Bonchev–Trinajstić information content (AvgIpc) is 3.30. The first-order valence-electron chi connectivity index (χ1n) is 13.0. The molecule has 2 amide bonds. The molecule has 1 heterocycles. The van der Waals surface area contributed by atoms with Crippen LogP contribution in [0.4, 0.5) is 4.79 Å². The van der Waals surface area contributed by atoms with Gasteiger partial charge in [0.1, 0.15) is 18.0 Å². The number of hydrogen-bond acceptors (Lipinski definition) is 5. The standard InChI is InChI=1S/C32H31N3O4/c36-29(27(21-23-13-5-1-6-14-23)33-32(38)39-26-19-11-4-12-20-26)28-31(37)35(22-24-15-7-2-8-16-24)30(34-28)25-17-9-3-10-18-25/h1-20,27-30,34,36H,21-22H2,(H,33,38)/t27-,28?,29+,30?/m0/s1. The molecule has 7 heteroatoms. The van der Waals surface area contributed by atoms with Crippen LogP contribution in [0.5, 0.6) is 5.75 Å². The van der Waals surface area contributed by atoms with Gasteiger partial charge in [0.2, 0.25) is 5.91 Å². The van der Waals surface area contributed by atoms with Gasteiger partial charge in [-0.1, -0.05) is 109 Å². The second kappa shape index (κ2) is 12.4. The average molecular weight is 522 g/mol. The Kier molecular flexibility index (Phi) is 8.31. The van der Waals surface area contributed by atoms with Gasteiger partial charge in [0.05, 0.1) is 12.1 Å². The number of aliphatic hydroxyl groups excluding tert-OH is 1. The van der Waals surface area contributed by atoms with E-state index in [9.17, 15) is 14.7 Å². The molecule has 4 aromatic carbocycles. The Hall–Kier alpha value is -4.46. The van der Waals surface area contributed by atoms with E-state index in [0.29, 0.717) is 18.7 Å². The molecule has 0 aromatic heterocycles. The largest absolute Gasteiger partial charge is 0.412 e. The van der Waals surface area contributed by atoms with Crippen molar-refractivity contribution in [2.75, 3.05) is 0 Å². The van der Waals surface area contributed by atoms with Crippen molar-refractivity contribution >= 4 is 12.0 Å². The fourth-order valence-corrected chi connectivity index (χ4v) is 4.88. The number of para-hydroxylation sites is 1. The summed E-state index contributed by atoms with van der Waals surface area (Å²) >= 11 is 0. The van der Waals surface area contributed by atoms with Gasteiger partial charge in [-0.05, 0) is 35.2 Å². The lowest BCUT2D eigenvalue weighted by Gasteiger charge is -2.27. The van der Waals surface area contributed by atoms with Gasteiger partial charge >= 0.3 is 6.09 Å². The zero-order chi connectivity index (χ0) is 27.0. The van der Waals surface area contributed by atoms with Gasteiger partial charge < -0.3 is 20.1 Å². The normalized spacial score (nSPS) is 18.4. The molecule has 1 saturated heterocycles. The number of carbonyl (C=O) groups is 2. The van der Waals surface area contributed by atoms with Gasteiger partial charge in [-0.3, -0.25) is 10.1 Å². The van der Waals surface area contributed by atoms with E-state index in [1.807, 2.05) is 97.1 Å². The van der Waals surface area contributed by atoms with Crippen LogP contribution in [0.25, 0.3) is 0 Å². The lowest BCUT2D eigenvalue weighted by atomic mass is 9.96. The Balaban J connectivity index is 1.40. The van der Waals surface area contributed by atoms with E-state index in [1.165, 1.54) is 0 Å². The lowest BCUT2D eigenvalue weighted by Crippen LogP contribution is -2.55. The van der Waals surface area contributed by atoms with Crippen LogP contribution in [0.2, 0.25) is 0 Å². The number of amides is 2. The van der Waals surface area contributed by atoms with Crippen molar-refractivity contribution in [3.63, 3.8) is 0 Å². The number of nitrogens with one attached hydrogen (secondary N) is 2. The molecule has 0 saturated carbocycles. The molecule has 39 heavy (non-hydrogen) atoms. The fourth-order valence-electron chi connectivity index (χ4n) is 4.88. The van der Waals surface area contributed by atoms with Crippen LogP contribution in [0.15, 0.2) is 121 Å². The maximum atomic E-state index is 13.8. The molecule has 5 rings (SSSR count). The molecule has 0 spiro atoms. The first kappa shape index (κ1) is 26.2. The van der Waals surface area contributed by atoms with Crippen LogP contribution in [-0.4, -0.2) is 40.2 Å². The molecule has 7 nitrogen and oxygen atoms in total. The summed E-state index contributed by atoms with van der Waals surface area (Å²) in [4.78, 5) is 28.4. The van der Waals surface area contributed by atoms with Crippen molar-refractivity contribution < 1.29 is 19.4 Å². The number of hydrogen-bond donors (Lipinski definition) is 3. The number of rotatable bonds is 9. The zero-order valence-corrected chi connectivity index (χ0v) is 21.4. The van der Waals surface area contributed by atoms with Crippen LogP contribution >= 0.6 is 0 Å². The minimum Gasteiger partial charge on any atom is -0.410 e. The third-order valence-electron chi connectivity index (χ3n) is 6.82. The van der Waals surface area contributed by atoms with Crippen molar-refractivity contribution in [2.45, 2.75) is 37.3 Å². The molecule has 2 unspecified atom stereocenters. The fraction of sp³-hybridized carbons (Fsp3) is 0.188. The number of benzene rings is 4. The number of aliphatic hydroxyl groups is 1. The number of nitrogens with zero attached hydrogens (tertiary/aromatic N) is 1. The molecule has 1 aliphatic rings. The third-order valence-corrected chi connectivity index (χ3v) is 6.82. The quantitative estimate of drug-likeness (QED) is 0.303. The van der Waals surface area contributed by atoms with E-state index in [0.717, 1.165) is 16.7 Å². The minimum atomic E-state index is -1.23. The highest BCUT2D eigenvalue weighted by Gasteiger charge is 2.45. The summed E-state index contributed by atoms with van der Waals surface area (Å²) in [7, 11) is 0. The van der Waals surface area contributed by atoms with E-state index in [-0.39, 0.29) is 5.91 Å². The molecule has 198 valence electrons. The minimum absolute atomic E-state index is 0.239. The summed E-state index contributed by atoms with van der Waals surface area (Å²) in [5.74, 6) is 0.146. The molecule has 0 aliphatic carbocycles. The number of ether oxygens (including phenoxy) is 1. The van der Waals surface area contributed by atoms with Crippen LogP contribution in [0.3, 0.4) is 0 Å². The summed E-state index contributed by atoms with van der Waals surface area (Å²) < 4.78 is 5.44. The van der Waals surface area contributed by atoms with Gasteiger partial charge in [-0.25, -0.2) is 4.79 Å². The highest BCUT2D eigenvalue weighted by molar-refractivity contribution is 5.85. The van der Waals surface area contributed by atoms with Crippen molar-refractivity contribution in [3.8, 4) is 5.75 Å². The summed E-state index contributed by atoms with van der Waals surface area (Å²) in [5.41, 5.74) is 2.80. The van der Waals surface area contributed by atoms with Gasteiger partial charge in [0.15, 0.2) is 0 Å². The predicted molar refractivity (Wildman–Crippen MR) is 149 cm³/mol. The summed E-state index contributed by atoms with van der Waals surface area (Å²) in [6, 6.07) is 35.9. The Morgan fingerprint density at radius 3 is 1.97 bits per heavy atom. The van der Waals surface area contributed by atoms with Crippen molar-refractivity contribution in [1.82, 2.24) is 15.5 Å². The van der Waals surface area contributed by atoms with E-state index in [4.69, 9.17) is 4.74 Å². The van der Waals surface area contributed by atoms with Crippen molar-refractivity contribution in [2.24, 2.45) is 0 Å². The molecule has 4 aromatic rings.